The molecule has 11 heteroatoms. The van der Waals surface area contributed by atoms with Crippen LogP contribution in [-0.4, -0.2) is 65.1 Å². The van der Waals surface area contributed by atoms with Crippen molar-refractivity contribution in [3.05, 3.63) is 78.2 Å². The Kier molecular flexibility index (Phi) is 9.40. The summed E-state index contributed by atoms with van der Waals surface area (Å²) in [6, 6.07) is 16.5. The largest absolute Gasteiger partial charge is 0.457 e. The molecular weight excluding hydrogens is 519 g/mol. The number of carbonyl (C=O) groups is 2. The molecule has 0 radical (unpaired) electrons. The molecule has 3 aromatic rings. The van der Waals surface area contributed by atoms with Gasteiger partial charge in [0.05, 0.1) is 12.1 Å². The lowest BCUT2D eigenvalue weighted by Gasteiger charge is -2.34. The molecule has 39 heavy (non-hydrogen) atoms. The molecule has 0 bridgehead atoms. The maximum atomic E-state index is 14.7. The summed E-state index contributed by atoms with van der Waals surface area (Å²) in [5.74, 6) is 0.0226. The van der Waals surface area contributed by atoms with E-state index in [-0.39, 0.29) is 41.0 Å². The SMILES string of the molecule is CN1CCC(N(C)C(=O)Nc2cc(Oc3ccc(NC(=S)NC(=O)Cc4ccccc4)c(F)c3)ccn2)CC1. The van der Waals surface area contributed by atoms with Crippen LogP contribution in [0.1, 0.15) is 18.4 Å². The van der Waals surface area contributed by atoms with Crippen molar-refractivity contribution in [2.75, 3.05) is 37.8 Å². The maximum absolute atomic E-state index is 14.7. The van der Waals surface area contributed by atoms with Crippen molar-refractivity contribution >= 4 is 40.8 Å². The highest BCUT2D eigenvalue weighted by Crippen LogP contribution is 2.27. The normalized spacial score (nSPS) is 13.8. The molecule has 1 saturated heterocycles. The first-order chi connectivity index (χ1) is 18.8. The van der Waals surface area contributed by atoms with E-state index in [1.807, 2.05) is 30.3 Å². The second kappa shape index (κ2) is 13.1. The molecule has 1 aliphatic rings. The molecule has 4 rings (SSSR count). The number of nitrogens with one attached hydrogen (secondary N) is 3. The van der Waals surface area contributed by atoms with Crippen LogP contribution in [0.25, 0.3) is 0 Å². The molecule has 0 unspecified atom stereocenters. The number of hydrogen-bond donors (Lipinski definition) is 3. The standard InChI is InChI=1S/C28H31FN6O3S/c1-34-14-11-20(12-15-34)35(2)28(37)32-25-18-22(10-13-30-25)38-21-8-9-24(23(29)17-21)31-27(39)33-26(36)16-19-6-4-3-5-7-19/h3-10,13,17-18,20H,11-12,14-16H2,1-2H3,(H,30,32,37)(H2,31,33,36,39). The van der Waals surface area contributed by atoms with Crippen LogP contribution in [-0.2, 0) is 11.2 Å². The Labute approximate surface area is 232 Å². The van der Waals surface area contributed by atoms with Crippen molar-refractivity contribution in [1.29, 1.82) is 0 Å². The van der Waals surface area contributed by atoms with Crippen LogP contribution in [0.3, 0.4) is 0 Å². The lowest BCUT2D eigenvalue weighted by atomic mass is 10.0. The highest BCUT2D eigenvalue weighted by Gasteiger charge is 2.24. The molecular formula is C28H31FN6O3S. The number of anilines is 2. The van der Waals surface area contributed by atoms with E-state index in [1.54, 1.807) is 30.1 Å². The van der Waals surface area contributed by atoms with Gasteiger partial charge in [-0.15, -0.1) is 0 Å². The highest BCUT2D eigenvalue weighted by molar-refractivity contribution is 7.80. The summed E-state index contributed by atoms with van der Waals surface area (Å²) in [6.07, 6.45) is 3.49. The number of pyridine rings is 1. The first kappa shape index (κ1) is 27.9. The van der Waals surface area contributed by atoms with Gasteiger partial charge in [-0.05, 0) is 69.0 Å². The number of carbonyl (C=O) groups excluding carboxylic acids is 2. The Bertz CT molecular complexity index is 1320. The van der Waals surface area contributed by atoms with Crippen LogP contribution < -0.4 is 20.7 Å². The third kappa shape index (κ3) is 8.20. The number of amides is 3. The number of hydrogen-bond acceptors (Lipinski definition) is 6. The van der Waals surface area contributed by atoms with E-state index in [4.69, 9.17) is 17.0 Å². The van der Waals surface area contributed by atoms with Gasteiger partial charge in [0.25, 0.3) is 0 Å². The minimum absolute atomic E-state index is 0.0109. The number of likely N-dealkylation sites (tertiary alicyclic amines) is 1. The number of halogens is 1. The van der Waals surface area contributed by atoms with Crippen molar-refractivity contribution < 1.29 is 18.7 Å². The fraction of sp³-hybridized carbons (Fsp3) is 0.286. The maximum Gasteiger partial charge on any atom is 0.323 e. The molecule has 3 amide bonds. The van der Waals surface area contributed by atoms with Gasteiger partial charge >= 0.3 is 6.03 Å². The number of urea groups is 1. The van der Waals surface area contributed by atoms with Crippen molar-refractivity contribution in [3.63, 3.8) is 0 Å². The summed E-state index contributed by atoms with van der Waals surface area (Å²) < 4.78 is 20.5. The average Bonchev–Trinajstić information content (AvgIpc) is 2.91. The minimum atomic E-state index is -0.616. The smallest absolute Gasteiger partial charge is 0.323 e. The molecule has 0 aliphatic carbocycles. The van der Waals surface area contributed by atoms with E-state index >= 15 is 0 Å². The summed E-state index contributed by atoms with van der Waals surface area (Å²) in [5.41, 5.74) is 0.931. The number of aromatic nitrogens is 1. The van der Waals surface area contributed by atoms with Gasteiger partial charge in [0.15, 0.2) is 5.11 Å². The Hall–Kier alpha value is -4.09. The highest BCUT2D eigenvalue weighted by atomic mass is 32.1. The predicted molar refractivity (Wildman–Crippen MR) is 153 cm³/mol. The Morgan fingerprint density at radius 1 is 1.08 bits per heavy atom. The van der Waals surface area contributed by atoms with Gasteiger partial charge in [-0.3, -0.25) is 10.1 Å². The Morgan fingerprint density at radius 2 is 1.79 bits per heavy atom. The van der Waals surface area contributed by atoms with Gasteiger partial charge in [0.1, 0.15) is 23.1 Å². The topological polar surface area (TPSA) is 98.8 Å². The summed E-state index contributed by atoms with van der Waals surface area (Å²) in [6.45, 7) is 1.90. The number of ether oxygens (including phenoxy) is 1. The predicted octanol–water partition coefficient (Wildman–Crippen LogP) is 4.63. The molecule has 1 fully saturated rings. The number of thiocarbonyl (C=S) groups is 1. The van der Waals surface area contributed by atoms with E-state index in [1.165, 1.54) is 18.3 Å². The van der Waals surface area contributed by atoms with Crippen LogP contribution in [0.15, 0.2) is 66.9 Å². The van der Waals surface area contributed by atoms with Gasteiger partial charge in [-0.1, -0.05) is 30.3 Å². The van der Waals surface area contributed by atoms with Crippen molar-refractivity contribution in [2.45, 2.75) is 25.3 Å². The lowest BCUT2D eigenvalue weighted by Crippen LogP contribution is -2.46. The Morgan fingerprint density at radius 3 is 2.51 bits per heavy atom. The fourth-order valence-corrected chi connectivity index (χ4v) is 4.42. The van der Waals surface area contributed by atoms with Gasteiger partial charge in [-0.25, -0.2) is 14.2 Å². The molecule has 1 aliphatic heterocycles. The van der Waals surface area contributed by atoms with Gasteiger partial charge in [0, 0.05) is 31.4 Å². The average molecular weight is 551 g/mol. The second-order valence-corrected chi connectivity index (χ2v) is 9.77. The minimum Gasteiger partial charge on any atom is -0.457 e. The molecule has 0 atom stereocenters. The molecule has 0 spiro atoms. The summed E-state index contributed by atoms with van der Waals surface area (Å²) in [5, 5.41) is 8.03. The molecule has 3 N–H and O–H groups in total. The quantitative estimate of drug-likeness (QED) is 0.369. The number of benzene rings is 2. The fourth-order valence-electron chi connectivity index (χ4n) is 4.19. The monoisotopic (exact) mass is 550 g/mol. The van der Waals surface area contributed by atoms with Gasteiger partial charge in [-0.2, -0.15) is 0 Å². The number of nitrogens with zero attached hydrogens (tertiary/aromatic N) is 3. The van der Waals surface area contributed by atoms with E-state index in [0.29, 0.717) is 11.6 Å². The first-order valence-corrected chi connectivity index (χ1v) is 13.0. The summed E-state index contributed by atoms with van der Waals surface area (Å²) >= 11 is 5.15. The van der Waals surface area contributed by atoms with Crippen LogP contribution in [0.4, 0.5) is 20.7 Å². The summed E-state index contributed by atoms with van der Waals surface area (Å²) in [7, 11) is 3.86. The molecule has 1 aromatic heterocycles. The van der Waals surface area contributed by atoms with Crippen LogP contribution in [0.2, 0.25) is 0 Å². The molecule has 9 nitrogen and oxygen atoms in total. The number of rotatable bonds is 7. The third-order valence-electron chi connectivity index (χ3n) is 6.41. The summed E-state index contributed by atoms with van der Waals surface area (Å²) in [4.78, 5) is 33.1. The van der Waals surface area contributed by atoms with Crippen LogP contribution in [0, 0.1) is 5.82 Å². The molecule has 204 valence electrons. The zero-order valence-corrected chi connectivity index (χ0v) is 22.6. The second-order valence-electron chi connectivity index (χ2n) is 9.36. The van der Waals surface area contributed by atoms with Gasteiger partial charge < -0.3 is 25.2 Å². The van der Waals surface area contributed by atoms with E-state index < -0.39 is 5.82 Å². The first-order valence-electron chi connectivity index (χ1n) is 12.6. The van der Waals surface area contributed by atoms with Crippen LogP contribution in [0.5, 0.6) is 11.5 Å². The van der Waals surface area contributed by atoms with Crippen molar-refractivity contribution in [2.24, 2.45) is 0 Å². The number of piperidine rings is 1. The Balaban J connectivity index is 1.30. The van der Waals surface area contributed by atoms with Gasteiger partial charge in [0.2, 0.25) is 5.91 Å². The molecule has 2 aromatic carbocycles. The van der Waals surface area contributed by atoms with Crippen LogP contribution >= 0.6 is 12.2 Å². The van der Waals surface area contributed by atoms with E-state index in [0.717, 1.165) is 31.5 Å². The molecule has 2 heterocycles. The van der Waals surface area contributed by atoms with E-state index in [2.05, 4.69) is 32.9 Å². The zero-order chi connectivity index (χ0) is 27.8. The zero-order valence-electron chi connectivity index (χ0n) is 21.8. The van der Waals surface area contributed by atoms with Crippen molar-refractivity contribution in [1.82, 2.24) is 20.1 Å². The third-order valence-corrected chi connectivity index (χ3v) is 6.61. The lowest BCUT2D eigenvalue weighted by molar-refractivity contribution is -0.119. The van der Waals surface area contributed by atoms with E-state index in [9.17, 15) is 14.0 Å². The molecule has 0 saturated carbocycles. The van der Waals surface area contributed by atoms with Crippen molar-refractivity contribution in [3.8, 4) is 11.5 Å².